The van der Waals surface area contributed by atoms with Gasteiger partial charge in [0.1, 0.15) is 11.4 Å². The molecule has 0 amide bonds. The van der Waals surface area contributed by atoms with Crippen LogP contribution < -0.4 is 0 Å². The summed E-state index contributed by atoms with van der Waals surface area (Å²) in [4.78, 5) is 26.3. The smallest absolute Gasteiger partial charge is 0.307 e. The SMILES string of the molecule is CC(C)(C)OC(=O)C[C@@H](Cc1c[nH]c2ccc(F)cc12)C(=O)O. The molecular formula is C17H20FNO4. The molecule has 2 aromatic rings. The molecule has 0 fully saturated rings. The Bertz CT molecular complexity index is 730. The monoisotopic (exact) mass is 321 g/mol. The van der Waals surface area contributed by atoms with Gasteiger partial charge in [-0.1, -0.05) is 0 Å². The van der Waals surface area contributed by atoms with Crippen LogP contribution in [0.2, 0.25) is 0 Å². The predicted molar refractivity (Wildman–Crippen MR) is 83.5 cm³/mol. The van der Waals surface area contributed by atoms with E-state index in [1.807, 2.05) is 0 Å². The normalized spacial score (nSPS) is 13.0. The lowest BCUT2D eigenvalue weighted by Gasteiger charge is -2.21. The largest absolute Gasteiger partial charge is 0.481 e. The first kappa shape index (κ1) is 17.0. The Kier molecular flexibility index (Phi) is 4.73. The van der Waals surface area contributed by atoms with E-state index in [4.69, 9.17) is 4.74 Å². The van der Waals surface area contributed by atoms with Crippen LogP contribution in [-0.2, 0) is 20.7 Å². The molecule has 1 heterocycles. The van der Waals surface area contributed by atoms with Crippen molar-refractivity contribution in [1.29, 1.82) is 0 Å². The van der Waals surface area contributed by atoms with Gasteiger partial charge in [0, 0.05) is 17.1 Å². The van der Waals surface area contributed by atoms with Gasteiger partial charge in [-0.25, -0.2) is 4.39 Å². The standard InChI is InChI=1S/C17H20FNO4/c1-17(2,3)23-15(20)7-10(16(21)22)6-11-9-19-14-5-4-12(18)8-13(11)14/h4-5,8-10,19H,6-7H2,1-3H3,(H,21,22)/t10-/m1/s1. The zero-order valence-electron chi connectivity index (χ0n) is 13.4. The average Bonchev–Trinajstić information content (AvgIpc) is 2.78. The molecule has 1 aromatic heterocycles. The molecule has 124 valence electrons. The molecule has 0 aliphatic heterocycles. The van der Waals surface area contributed by atoms with E-state index in [1.165, 1.54) is 12.1 Å². The zero-order valence-corrected chi connectivity index (χ0v) is 13.4. The highest BCUT2D eigenvalue weighted by molar-refractivity contribution is 5.85. The fraction of sp³-hybridized carbons (Fsp3) is 0.412. The van der Waals surface area contributed by atoms with E-state index in [0.29, 0.717) is 10.9 Å². The van der Waals surface area contributed by atoms with Crippen LogP contribution in [0.5, 0.6) is 0 Å². The number of fused-ring (bicyclic) bond motifs is 1. The quantitative estimate of drug-likeness (QED) is 0.828. The summed E-state index contributed by atoms with van der Waals surface area (Å²) in [5.41, 5.74) is 0.725. The number of nitrogens with one attached hydrogen (secondary N) is 1. The van der Waals surface area contributed by atoms with Crippen molar-refractivity contribution >= 4 is 22.8 Å². The van der Waals surface area contributed by atoms with Gasteiger partial charge in [-0.3, -0.25) is 9.59 Å². The number of rotatable bonds is 5. The number of aromatic amines is 1. The maximum Gasteiger partial charge on any atom is 0.307 e. The Labute approximate surface area is 133 Å². The molecule has 0 aliphatic carbocycles. The maximum absolute atomic E-state index is 13.4. The number of H-pyrrole nitrogens is 1. The topological polar surface area (TPSA) is 79.4 Å². The third-order valence-electron chi connectivity index (χ3n) is 3.38. The lowest BCUT2D eigenvalue weighted by Crippen LogP contribution is -2.28. The number of aromatic nitrogens is 1. The summed E-state index contributed by atoms with van der Waals surface area (Å²) < 4.78 is 18.6. The molecule has 5 nitrogen and oxygen atoms in total. The van der Waals surface area contributed by atoms with Crippen LogP contribution in [-0.4, -0.2) is 27.6 Å². The number of carbonyl (C=O) groups is 2. The van der Waals surface area contributed by atoms with Crippen LogP contribution in [0.3, 0.4) is 0 Å². The fourth-order valence-corrected chi connectivity index (χ4v) is 2.42. The van der Waals surface area contributed by atoms with Crippen molar-refractivity contribution in [3.63, 3.8) is 0 Å². The summed E-state index contributed by atoms with van der Waals surface area (Å²) in [6, 6.07) is 4.28. The van der Waals surface area contributed by atoms with E-state index >= 15 is 0 Å². The summed E-state index contributed by atoms with van der Waals surface area (Å²) >= 11 is 0. The molecule has 0 unspecified atom stereocenters. The Hall–Kier alpha value is -2.37. The molecule has 0 aliphatic rings. The number of ether oxygens (including phenoxy) is 1. The van der Waals surface area contributed by atoms with Gasteiger partial charge in [-0.05, 0) is 51.0 Å². The highest BCUT2D eigenvalue weighted by Gasteiger charge is 2.26. The van der Waals surface area contributed by atoms with Crippen molar-refractivity contribution in [1.82, 2.24) is 4.98 Å². The first-order valence-electron chi connectivity index (χ1n) is 7.36. The minimum Gasteiger partial charge on any atom is -0.481 e. The molecule has 0 spiro atoms. The second kappa shape index (κ2) is 6.40. The summed E-state index contributed by atoms with van der Waals surface area (Å²) in [6.45, 7) is 5.18. The molecule has 0 bridgehead atoms. The Balaban J connectivity index is 2.17. The first-order valence-corrected chi connectivity index (χ1v) is 7.36. The van der Waals surface area contributed by atoms with Gasteiger partial charge >= 0.3 is 11.9 Å². The second-order valence-electron chi connectivity index (χ2n) is 6.53. The van der Waals surface area contributed by atoms with Crippen LogP contribution in [0.15, 0.2) is 24.4 Å². The van der Waals surface area contributed by atoms with Crippen molar-refractivity contribution in [2.24, 2.45) is 5.92 Å². The van der Waals surface area contributed by atoms with Crippen LogP contribution in [0.4, 0.5) is 4.39 Å². The number of hydrogen-bond acceptors (Lipinski definition) is 3. The molecule has 6 heteroatoms. The number of hydrogen-bond donors (Lipinski definition) is 2. The predicted octanol–water partition coefficient (Wildman–Crippen LogP) is 3.28. The van der Waals surface area contributed by atoms with Crippen molar-refractivity contribution in [3.05, 3.63) is 35.8 Å². The third-order valence-corrected chi connectivity index (χ3v) is 3.38. The Morgan fingerprint density at radius 3 is 2.65 bits per heavy atom. The molecule has 0 saturated heterocycles. The maximum atomic E-state index is 13.4. The van der Waals surface area contributed by atoms with Crippen molar-refractivity contribution < 1.29 is 23.8 Å². The number of carboxylic acid groups (broad SMARTS) is 1. The summed E-state index contributed by atoms with van der Waals surface area (Å²) in [6.07, 6.45) is 1.54. The van der Waals surface area contributed by atoms with E-state index in [0.717, 1.165) is 5.52 Å². The molecular weight excluding hydrogens is 301 g/mol. The first-order chi connectivity index (χ1) is 10.7. The van der Waals surface area contributed by atoms with Crippen LogP contribution >= 0.6 is 0 Å². The summed E-state index contributed by atoms with van der Waals surface area (Å²) in [5, 5.41) is 9.98. The van der Waals surface area contributed by atoms with E-state index < -0.39 is 29.3 Å². The Morgan fingerprint density at radius 1 is 1.35 bits per heavy atom. The molecule has 1 atom stereocenters. The second-order valence-corrected chi connectivity index (χ2v) is 6.53. The number of carboxylic acids is 1. The number of halogens is 1. The molecule has 0 saturated carbocycles. The van der Waals surface area contributed by atoms with Gasteiger partial charge in [-0.2, -0.15) is 0 Å². The molecule has 2 N–H and O–H groups in total. The molecule has 23 heavy (non-hydrogen) atoms. The van der Waals surface area contributed by atoms with E-state index in [2.05, 4.69) is 4.98 Å². The van der Waals surface area contributed by atoms with Gasteiger partial charge in [0.25, 0.3) is 0 Å². The summed E-state index contributed by atoms with van der Waals surface area (Å²) in [7, 11) is 0. The average molecular weight is 321 g/mol. The molecule has 1 aromatic carbocycles. The number of aliphatic carboxylic acids is 1. The van der Waals surface area contributed by atoms with Crippen LogP contribution in [0.25, 0.3) is 10.9 Å². The number of esters is 1. The van der Waals surface area contributed by atoms with Gasteiger partial charge < -0.3 is 14.8 Å². The van der Waals surface area contributed by atoms with Gasteiger partial charge in [0.2, 0.25) is 0 Å². The van der Waals surface area contributed by atoms with E-state index in [9.17, 15) is 19.1 Å². The third kappa shape index (κ3) is 4.55. The van der Waals surface area contributed by atoms with Crippen molar-refractivity contribution in [3.8, 4) is 0 Å². The zero-order chi connectivity index (χ0) is 17.2. The van der Waals surface area contributed by atoms with Crippen LogP contribution in [0.1, 0.15) is 32.8 Å². The van der Waals surface area contributed by atoms with Crippen LogP contribution in [0, 0.1) is 11.7 Å². The minimum absolute atomic E-state index is 0.123. The number of carbonyl (C=O) groups excluding carboxylic acids is 1. The van der Waals surface area contributed by atoms with E-state index in [1.54, 1.807) is 33.0 Å². The van der Waals surface area contributed by atoms with Gasteiger partial charge in [0.05, 0.1) is 12.3 Å². The molecule has 2 rings (SSSR count). The number of benzene rings is 1. The van der Waals surface area contributed by atoms with Gasteiger partial charge in [-0.15, -0.1) is 0 Å². The van der Waals surface area contributed by atoms with Crippen molar-refractivity contribution in [2.45, 2.75) is 39.2 Å². The Morgan fingerprint density at radius 2 is 2.04 bits per heavy atom. The summed E-state index contributed by atoms with van der Waals surface area (Å²) in [5.74, 6) is -2.96. The van der Waals surface area contributed by atoms with Gasteiger partial charge in [0.15, 0.2) is 0 Å². The van der Waals surface area contributed by atoms with Crippen molar-refractivity contribution in [2.75, 3.05) is 0 Å². The lowest BCUT2D eigenvalue weighted by molar-refractivity contribution is -0.159. The van der Waals surface area contributed by atoms with E-state index in [-0.39, 0.29) is 12.8 Å². The minimum atomic E-state index is -1.08. The highest BCUT2D eigenvalue weighted by atomic mass is 19.1. The highest BCUT2D eigenvalue weighted by Crippen LogP contribution is 2.24. The fourth-order valence-electron chi connectivity index (χ4n) is 2.42. The molecule has 0 radical (unpaired) electrons. The lowest BCUT2D eigenvalue weighted by atomic mass is 9.96.